The molecular weight excluding hydrogens is 276 g/mol. The number of rotatable bonds is 3. The Kier molecular flexibility index (Phi) is 4.32. The van der Waals surface area contributed by atoms with Gasteiger partial charge in [-0.3, -0.25) is 4.79 Å². The molecule has 2 aromatic rings. The van der Waals surface area contributed by atoms with Crippen LogP contribution in [0, 0.1) is 5.92 Å². The lowest BCUT2D eigenvalue weighted by atomic mass is 10.00. The van der Waals surface area contributed by atoms with Crippen LogP contribution in [0.5, 0.6) is 0 Å². The normalized spacial score (nSPS) is 15.6. The van der Waals surface area contributed by atoms with E-state index in [1.54, 1.807) is 12.3 Å². The molecule has 5 nitrogen and oxygen atoms in total. The van der Waals surface area contributed by atoms with Crippen molar-refractivity contribution in [1.29, 1.82) is 0 Å². The zero-order chi connectivity index (χ0) is 15.4. The van der Waals surface area contributed by atoms with E-state index in [9.17, 15) is 4.79 Å². The van der Waals surface area contributed by atoms with E-state index in [4.69, 9.17) is 0 Å². The van der Waals surface area contributed by atoms with Crippen molar-refractivity contribution in [3.05, 3.63) is 48.3 Å². The molecule has 0 aliphatic carbocycles. The number of nitrogens with one attached hydrogen (secondary N) is 1. The fourth-order valence-corrected chi connectivity index (χ4v) is 2.55. The molecule has 0 saturated carbocycles. The highest BCUT2D eigenvalue weighted by atomic mass is 16.1. The largest absolute Gasteiger partial charge is 0.341 e. The molecule has 114 valence electrons. The molecule has 3 rings (SSSR count). The van der Waals surface area contributed by atoms with Gasteiger partial charge >= 0.3 is 0 Å². The van der Waals surface area contributed by atoms with Gasteiger partial charge < -0.3 is 10.2 Å². The number of hydrogen-bond acceptors (Lipinski definition) is 4. The van der Waals surface area contributed by atoms with Gasteiger partial charge in [0.2, 0.25) is 5.95 Å². The monoisotopic (exact) mass is 296 g/mol. The molecule has 1 N–H and O–H groups in total. The molecular formula is C17H20N4O. The summed E-state index contributed by atoms with van der Waals surface area (Å²) in [7, 11) is 0. The van der Waals surface area contributed by atoms with Gasteiger partial charge in [-0.05, 0) is 37.0 Å². The first-order valence-corrected chi connectivity index (χ1v) is 7.67. The van der Waals surface area contributed by atoms with Crippen LogP contribution >= 0.6 is 0 Å². The summed E-state index contributed by atoms with van der Waals surface area (Å²) in [6, 6.07) is 11.0. The number of benzene rings is 1. The second-order valence-corrected chi connectivity index (χ2v) is 5.73. The molecule has 0 unspecified atom stereocenters. The summed E-state index contributed by atoms with van der Waals surface area (Å²) in [6.07, 6.45) is 3.94. The van der Waals surface area contributed by atoms with Crippen LogP contribution in [0.2, 0.25) is 0 Å². The van der Waals surface area contributed by atoms with E-state index in [0.717, 1.165) is 37.5 Å². The van der Waals surface area contributed by atoms with Crippen LogP contribution in [-0.4, -0.2) is 29.0 Å². The summed E-state index contributed by atoms with van der Waals surface area (Å²) in [5.41, 5.74) is 1.16. The van der Waals surface area contributed by atoms with Gasteiger partial charge in [0.1, 0.15) is 5.69 Å². The van der Waals surface area contributed by atoms with Crippen molar-refractivity contribution in [3.63, 3.8) is 0 Å². The Labute approximate surface area is 130 Å². The smallest absolute Gasteiger partial charge is 0.274 e. The predicted octanol–water partition coefficient (Wildman–Crippen LogP) is 2.97. The maximum Gasteiger partial charge on any atom is 0.274 e. The number of aromatic nitrogens is 2. The number of hydrogen-bond donors (Lipinski definition) is 1. The van der Waals surface area contributed by atoms with Crippen molar-refractivity contribution in [2.24, 2.45) is 5.92 Å². The van der Waals surface area contributed by atoms with Crippen molar-refractivity contribution in [2.75, 3.05) is 23.3 Å². The van der Waals surface area contributed by atoms with Crippen molar-refractivity contribution in [3.8, 4) is 0 Å². The number of amides is 1. The summed E-state index contributed by atoms with van der Waals surface area (Å²) in [4.78, 5) is 23.2. The maximum absolute atomic E-state index is 12.3. The predicted molar refractivity (Wildman–Crippen MR) is 87.0 cm³/mol. The van der Waals surface area contributed by atoms with Crippen LogP contribution in [0.3, 0.4) is 0 Å². The molecule has 1 aliphatic rings. The van der Waals surface area contributed by atoms with Crippen molar-refractivity contribution in [1.82, 2.24) is 9.97 Å². The third-order valence-corrected chi connectivity index (χ3v) is 3.97. The number of anilines is 2. The fraction of sp³-hybridized carbons (Fsp3) is 0.353. The van der Waals surface area contributed by atoms with Crippen LogP contribution in [0.25, 0.3) is 0 Å². The molecule has 0 atom stereocenters. The minimum atomic E-state index is -0.208. The highest BCUT2D eigenvalue weighted by Gasteiger charge is 2.19. The molecule has 1 aromatic heterocycles. The molecule has 1 amide bonds. The van der Waals surface area contributed by atoms with E-state index in [1.807, 2.05) is 30.3 Å². The lowest BCUT2D eigenvalue weighted by Crippen LogP contribution is -2.34. The standard InChI is InChI=1S/C17H20N4O/c1-13-8-11-21(12-9-13)17-18-10-7-15(20-17)16(22)19-14-5-3-2-4-6-14/h2-7,10,13H,8-9,11-12H2,1H3,(H,19,22). The summed E-state index contributed by atoms with van der Waals surface area (Å²) >= 11 is 0. The van der Waals surface area contributed by atoms with Crippen LogP contribution in [-0.2, 0) is 0 Å². The van der Waals surface area contributed by atoms with Crippen LogP contribution in [0.4, 0.5) is 11.6 Å². The van der Waals surface area contributed by atoms with Crippen molar-refractivity contribution >= 4 is 17.5 Å². The minimum absolute atomic E-state index is 0.208. The Morgan fingerprint density at radius 2 is 1.91 bits per heavy atom. The lowest BCUT2D eigenvalue weighted by molar-refractivity contribution is 0.102. The van der Waals surface area contributed by atoms with Gasteiger partial charge in [-0.1, -0.05) is 25.1 Å². The van der Waals surface area contributed by atoms with Gasteiger partial charge in [0, 0.05) is 25.0 Å². The zero-order valence-electron chi connectivity index (χ0n) is 12.7. The number of carbonyl (C=O) groups is 1. The van der Waals surface area contributed by atoms with E-state index in [0.29, 0.717) is 11.6 Å². The SMILES string of the molecule is CC1CCN(c2nccc(C(=O)Nc3ccccc3)n2)CC1. The Morgan fingerprint density at radius 3 is 2.64 bits per heavy atom. The van der Waals surface area contributed by atoms with E-state index in [-0.39, 0.29) is 5.91 Å². The quantitative estimate of drug-likeness (QED) is 0.946. The van der Waals surface area contributed by atoms with Gasteiger partial charge in [0.05, 0.1) is 0 Å². The zero-order valence-corrected chi connectivity index (χ0v) is 12.7. The van der Waals surface area contributed by atoms with E-state index in [1.165, 1.54) is 0 Å². The molecule has 5 heteroatoms. The van der Waals surface area contributed by atoms with Gasteiger partial charge in [0.15, 0.2) is 0 Å². The minimum Gasteiger partial charge on any atom is -0.341 e. The van der Waals surface area contributed by atoms with Gasteiger partial charge in [-0.15, -0.1) is 0 Å². The molecule has 22 heavy (non-hydrogen) atoms. The number of piperidine rings is 1. The van der Waals surface area contributed by atoms with Gasteiger partial charge in [-0.25, -0.2) is 9.97 Å². The highest BCUT2D eigenvalue weighted by Crippen LogP contribution is 2.20. The molecule has 1 aromatic carbocycles. The van der Waals surface area contributed by atoms with E-state index >= 15 is 0 Å². The summed E-state index contributed by atoms with van der Waals surface area (Å²) in [6.45, 7) is 4.16. The lowest BCUT2D eigenvalue weighted by Gasteiger charge is -2.30. The summed E-state index contributed by atoms with van der Waals surface area (Å²) < 4.78 is 0. The first kappa shape index (κ1) is 14.5. The van der Waals surface area contributed by atoms with E-state index in [2.05, 4.69) is 27.1 Å². The molecule has 0 spiro atoms. The number of nitrogens with zero attached hydrogens (tertiary/aromatic N) is 3. The molecule has 0 bridgehead atoms. The van der Waals surface area contributed by atoms with Crippen molar-refractivity contribution < 1.29 is 4.79 Å². The number of para-hydroxylation sites is 1. The first-order valence-electron chi connectivity index (χ1n) is 7.67. The highest BCUT2D eigenvalue weighted by molar-refractivity contribution is 6.02. The molecule has 2 heterocycles. The van der Waals surface area contributed by atoms with Crippen LogP contribution in [0.15, 0.2) is 42.6 Å². The molecule has 1 saturated heterocycles. The second-order valence-electron chi connectivity index (χ2n) is 5.73. The molecule has 1 aliphatic heterocycles. The third kappa shape index (κ3) is 3.42. The van der Waals surface area contributed by atoms with E-state index < -0.39 is 0 Å². The van der Waals surface area contributed by atoms with Gasteiger partial charge in [0.25, 0.3) is 5.91 Å². The number of carbonyl (C=O) groups excluding carboxylic acids is 1. The Morgan fingerprint density at radius 1 is 1.18 bits per heavy atom. The van der Waals surface area contributed by atoms with Crippen LogP contribution in [0.1, 0.15) is 30.3 Å². The molecule has 0 radical (unpaired) electrons. The second kappa shape index (κ2) is 6.56. The average Bonchev–Trinajstić information content (AvgIpc) is 2.56. The fourth-order valence-electron chi connectivity index (χ4n) is 2.55. The maximum atomic E-state index is 12.3. The van der Waals surface area contributed by atoms with Crippen molar-refractivity contribution in [2.45, 2.75) is 19.8 Å². The van der Waals surface area contributed by atoms with Crippen LogP contribution < -0.4 is 10.2 Å². The van der Waals surface area contributed by atoms with Gasteiger partial charge in [-0.2, -0.15) is 0 Å². The first-order chi connectivity index (χ1) is 10.7. The Balaban J connectivity index is 1.72. The Bertz CT molecular complexity index is 636. The topological polar surface area (TPSA) is 58.1 Å². The average molecular weight is 296 g/mol. The summed E-state index contributed by atoms with van der Waals surface area (Å²) in [5.74, 6) is 1.19. The summed E-state index contributed by atoms with van der Waals surface area (Å²) in [5, 5.41) is 2.85. The Hall–Kier alpha value is -2.43. The molecule has 1 fully saturated rings. The third-order valence-electron chi connectivity index (χ3n) is 3.97.